The summed E-state index contributed by atoms with van der Waals surface area (Å²) < 4.78 is 21.0. The predicted octanol–water partition coefficient (Wildman–Crippen LogP) is 4.74. The normalized spacial score (nSPS) is 14.7. The standard InChI is InChI=1S/C26H25ClFN7O2/c1-3-29-25-20-12-34(15-36)11-19(16-4-6-17(28)7-5-16)24(20)32-26(33-25)31-18-8-9-21(22(10-18)37-2)35-13-23(27)30-14-35/h4-10,13-15,19H,3,11-12H2,1-2H3,(H2,29,31,32,33). The molecule has 4 aromatic rings. The number of nitrogens with one attached hydrogen (secondary N) is 2. The van der Waals surface area contributed by atoms with E-state index in [9.17, 15) is 9.18 Å². The van der Waals surface area contributed by atoms with Gasteiger partial charge in [-0.25, -0.2) is 14.4 Å². The fourth-order valence-corrected chi connectivity index (χ4v) is 4.62. The topological polar surface area (TPSA) is 97.2 Å². The lowest BCUT2D eigenvalue weighted by Gasteiger charge is -2.33. The molecule has 0 spiro atoms. The molecule has 1 atom stereocenters. The molecule has 3 heterocycles. The van der Waals surface area contributed by atoms with Crippen LogP contribution in [0.25, 0.3) is 5.69 Å². The third-order valence-corrected chi connectivity index (χ3v) is 6.37. The number of amides is 1. The molecule has 0 radical (unpaired) electrons. The van der Waals surface area contributed by atoms with Gasteiger partial charge in [0.2, 0.25) is 12.4 Å². The Labute approximate surface area is 218 Å². The van der Waals surface area contributed by atoms with Gasteiger partial charge in [0.1, 0.15) is 28.9 Å². The third kappa shape index (κ3) is 5.05. The molecule has 1 unspecified atom stereocenters. The van der Waals surface area contributed by atoms with Gasteiger partial charge in [-0.2, -0.15) is 4.98 Å². The highest BCUT2D eigenvalue weighted by Crippen LogP contribution is 2.36. The Kier molecular flexibility index (Phi) is 6.91. The Balaban J connectivity index is 1.54. The largest absolute Gasteiger partial charge is 0.494 e. The van der Waals surface area contributed by atoms with Crippen LogP contribution in [0, 0.1) is 5.82 Å². The molecule has 0 fully saturated rings. The van der Waals surface area contributed by atoms with Crippen LogP contribution in [0.1, 0.15) is 29.7 Å². The number of anilines is 3. The van der Waals surface area contributed by atoms with Crippen molar-refractivity contribution < 1.29 is 13.9 Å². The number of imidazole rings is 1. The molecule has 1 aliphatic heterocycles. The summed E-state index contributed by atoms with van der Waals surface area (Å²) >= 11 is 5.98. The molecule has 2 N–H and O–H groups in total. The van der Waals surface area contributed by atoms with Crippen molar-refractivity contribution >= 4 is 35.5 Å². The van der Waals surface area contributed by atoms with Crippen LogP contribution in [0.3, 0.4) is 0 Å². The van der Waals surface area contributed by atoms with Crippen LogP contribution in [-0.2, 0) is 11.3 Å². The number of methoxy groups -OCH3 is 1. The lowest BCUT2D eigenvalue weighted by atomic mass is 9.89. The van der Waals surface area contributed by atoms with Crippen molar-refractivity contribution in [3.63, 3.8) is 0 Å². The fraction of sp³-hybridized carbons (Fsp3) is 0.231. The fourth-order valence-electron chi connectivity index (χ4n) is 4.47. The van der Waals surface area contributed by atoms with Crippen molar-refractivity contribution in [2.24, 2.45) is 0 Å². The summed E-state index contributed by atoms with van der Waals surface area (Å²) in [7, 11) is 1.59. The van der Waals surface area contributed by atoms with E-state index in [1.54, 1.807) is 41.2 Å². The van der Waals surface area contributed by atoms with Crippen LogP contribution in [0.2, 0.25) is 5.15 Å². The van der Waals surface area contributed by atoms with Crippen LogP contribution in [0.15, 0.2) is 55.0 Å². The lowest BCUT2D eigenvalue weighted by Crippen LogP contribution is -2.35. The Bertz CT molecular complexity index is 1430. The number of benzene rings is 2. The Morgan fingerprint density at radius 1 is 1.22 bits per heavy atom. The van der Waals surface area contributed by atoms with Crippen molar-refractivity contribution in [3.05, 3.63) is 82.8 Å². The van der Waals surface area contributed by atoms with E-state index in [1.165, 1.54) is 12.1 Å². The molecule has 37 heavy (non-hydrogen) atoms. The molecule has 0 aliphatic carbocycles. The van der Waals surface area contributed by atoms with Crippen molar-refractivity contribution in [1.82, 2.24) is 24.4 Å². The summed E-state index contributed by atoms with van der Waals surface area (Å²) in [5, 5.41) is 6.96. The number of hydrogen-bond acceptors (Lipinski definition) is 7. The summed E-state index contributed by atoms with van der Waals surface area (Å²) in [5.74, 6) is 1.08. The van der Waals surface area contributed by atoms with Gasteiger partial charge < -0.3 is 24.8 Å². The average molecular weight is 522 g/mol. The molecular weight excluding hydrogens is 497 g/mol. The van der Waals surface area contributed by atoms with Crippen molar-refractivity contribution in [2.75, 3.05) is 30.8 Å². The van der Waals surface area contributed by atoms with Crippen LogP contribution in [0.5, 0.6) is 5.75 Å². The van der Waals surface area contributed by atoms with E-state index in [4.69, 9.17) is 26.3 Å². The van der Waals surface area contributed by atoms with Gasteiger partial charge in [0, 0.05) is 42.5 Å². The highest BCUT2D eigenvalue weighted by Gasteiger charge is 2.31. The third-order valence-electron chi connectivity index (χ3n) is 6.18. The predicted molar refractivity (Wildman–Crippen MR) is 139 cm³/mol. The number of aromatic nitrogens is 4. The van der Waals surface area contributed by atoms with Gasteiger partial charge in [-0.3, -0.25) is 4.79 Å². The van der Waals surface area contributed by atoms with Gasteiger partial charge in [-0.15, -0.1) is 0 Å². The lowest BCUT2D eigenvalue weighted by molar-refractivity contribution is -0.119. The number of rotatable bonds is 8. The van der Waals surface area contributed by atoms with Gasteiger partial charge in [-0.1, -0.05) is 23.7 Å². The molecular formula is C26H25ClFN7O2. The van der Waals surface area contributed by atoms with Crippen molar-refractivity contribution in [2.45, 2.75) is 19.4 Å². The Morgan fingerprint density at radius 2 is 2.03 bits per heavy atom. The minimum atomic E-state index is -0.319. The zero-order valence-electron chi connectivity index (χ0n) is 20.3. The number of carbonyl (C=O) groups excluding carboxylic acids is 1. The van der Waals surface area contributed by atoms with Crippen LogP contribution < -0.4 is 15.4 Å². The Morgan fingerprint density at radius 3 is 2.70 bits per heavy atom. The second kappa shape index (κ2) is 10.4. The zero-order chi connectivity index (χ0) is 25.9. The monoisotopic (exact) mass is 521 g/mol. The highest BCUT2D eigenvalue weighted by molar-refractivity contribution is 6.29. The maximum absolute atomic E-state index is 13.6. The van der Waals surface area contributed by atoms with E-state index in [0.717, 1.165) is 34.6 Å². The quantitative estimate of drug-likeness (QED) is 0.323. The van der Waals surface area contributed by atoms with E-state index >= 15 is 0 Å². The van der Waals surface area contributed by atoms with Crippen molar-refractivity contribution in [3.8, 4) is 11.4 Å². The molecule has 1 amide bonds. The first-order valence-corrected chi connectivity index (χ1v) is 12.1. The molecule has 0 bridgehead atoms. The molecule has 2 aromatic carbocycles. The number of fused-ring (bicyclic) bond motifs is 1. The van der Waals surface area contributed by atoms with Gasteiger partial charge in [0.25, 0.3) is 0 Å². The number of carbonyl (C=O) groups is 1. The Hall–Kier alpha value is -4.18. The molecule has 1 aliphatic rings. The van der Waals surface area contributed by atoms with Crippen LogP contribution in [0.4, 0.5) is 21.8 Å². The number of hydrogen-bond donors (Lipinski definition) is 2. The van der Waals surface area contributed by atoms with Gasteiger partial charge >= 0.3 is 0 Å². The molecule has 2 aromatic heterocycles. The smallest absolute Gasteiger partial charge is 0.229 e. The molecule has 11 heteroatoms. The maximum Gasteiger partial charge on any atom is 0.229 e. The first-order chi connectivity index (χ1) is 18.0. The first-order valence-electron chi connectivity index (χ1n) is 11.7. The van der Waals surface area contributed by atoms with Gasteiger partial charge in [0.15, 0.2) is 0 Å². The molecule has 9 nitrogen and oxygen atoms in total. The van der Waals surface area contributed by atoms with E-state index in [1.807, 2.05) is 25.1 Å². The second-order valence-electron chi connectivity index (χ2n) is 8.54. The minimum absolute atomic E-state index is 0.238. The SMILES string of the molecule is CCNc1nc(Nc2ccc(-n3cnc(Cl)c3)c(OC)c2)nc2c1CN(C=O)CC2c1ccc(F)cc1. The van der Waals surface area contributed by atoms with E-state index in [-0.39, 0.29) is 11.7 Å². The highest BCUT2D eigenvalue weighted by atomic mass is 35.5. The van der Waals surface area contributed by atoms with E-state index in [0.29, 0.717) is 42.3 Å². The first kappa shape index (κ1) is 24.5. The number of nitrogens with zero attached hydrogens (tertiary/aromatic N) is 5. The van der Waals surface area contributed by atoms with Crippen LogP contribution in [-0.4, -0.2) is 51.0 Å². The van der Waals surface area contributed by atoms with E-state index in [2.05, 4.69) is 15.6 Å². The maximum atomic E-state index is 13.6. The van der Waals surface area contributed by atoms with Gasteiger partial charge in [0.05, 0.1) is 25.0 Å². The number of ether oxygens (including phenoxy) is 1. The summed E-state index contributed by atoms with van der Waals surface area (Å²) in [5.41, 5.74) is 3.99. The summed E-state index contributed by atoms with van der Waals surface area (Å²) in [4.78, 5) is 27.1. The average Bonchev–Trinajstić information content (AvgIpc) is 3.34. The number of halogens is 2. The summed E-state index contributed by atoms with van der Waals surface area (Å²) in [6, 6.07) is 11.9. The second-order valence-corrected chi connectivity index (χ2v) is 8.93. The van der Waals surface area contributed by atoms with Crippen LogP contribution >= 0.6 is 11.6 Å². The molecule has 190 valence electrons. The molecule has 5 rings (SSSR count). The van der Waals surface area contributed by atoms with Crippen molar-refractivity contribution in [1.29, 1.82) is 0 Å². The summed E-state index contributed by atoms with van der Waals surface area (Å²) in [6.45, 7) is 3.43. The van der Waals surface area contributed by atoms with E-state index < -0.39 is 0 Å². The molecule has 0 saturated heterocycles. The molecule has 0 saturated carbocycles. The zero-order valence-corrected chi connectivity index (χ0v) is 21.0. The van der Waals surface area contributed by atoms with Gasteiger partial charge in [-0.05, 0) is 36.8 Å². The minimum Gasteiger partial charge on any atom is -0.494 e. The summed E-state index contributed by atoms with van der Waals surface area (Å²) in [6.07, 6.45) is 4.13.